The van der Waals surface area contributed by atoms with Gasteiger partial charge in [-0.3, -0.25) is 14.9 Å². The first-order valence-electron chi connectivity index (χ1n) is 8.05. The average molecular weight is 389 g/mol. The van der Waals surface area contributed by atoms with Crippen LogP contribution in [0.3, 0.4) is 0 Å². The van der Waals surface area contributed by atoms with Gasteiger partial charge in [-0.15, -0.1) is 11.6 Å². The molecule has 0 spiro atoms. The fraction of sp³-hybridized carbons (Fsp3) is 0.211. The van der Waals surface area contributed by atoms with Gasteiger partial charge in [0.2, 0.25) is 0 Å². The van der Waals surface area contributed by atoms with E-state index in [4.69, 9.17) is 16.3 Å². The number of Topliss-reactive ketones (excluding diaryl/α,β-unsaturated/α-hetero) is 1. The molecule has 3 rings (SSSR count). The summed E-state index contributed by atoms with van der Waals surface area (Å²) in [6.45, 7) is 1.36. The lowest BCUT2D eigenvalue weighted by atomic mass is 10.1. The maximum Gasteiger partial charge on any atom is 0.264 e. The number of nitrogens with zero attached hydrogens (tertiary/aromatic N) is 1. The molecule has 0 atom stereocenters. The van der Waals surface area contributed by atoms with Crippen molar-refractivity contribution in [3.8, 4) is 5.75 Å². The van der Waals surface area contributed by atoms with Crippen LogP contribution in [0.2, 0.25) is 0 Å². The number of para-hydroxylation sites is 1. The molecule has 0 aliphatic carbocycles. The summed E-state index contributed by atoms with van der Waals surface area (Å²) in [5.41, 5.74) is 2.25. The summed E-state index contributed by atoms with van der Waals surface area (Å²) in [4.78, 5) is 28.0. The fourth-order valence-corrected chi connectivity index (χ4v) is 3.55. The van der Waals surface area contributed by atoms with Gasteiger partial charge < -0.3 is 4.74 Å². The smallest absolute Gasteiger partial charge is 0.264 e. The van der Waals surface area contributed by atoms with Crippen LogP contribution in [-0.2, 0) is 11.2 Å². The normalized spacial score (nSPS) is 10.7. The topological polar surface area (TPSA) is 68.3 Å². The number of thiazole rings is 1. The molecule has 1 heterocycles. The highest BCUT2D eigenvalue weighted by atomic mass is 35.5. The molecule has 0 saturated carbocycles. The molecule has 3 aromatic rings. The second kappa shape index (κ2) is 8.29. The van der Waals surface area contributed by atoms with Crippen molar-refractivity contribution in [1.29, 1.82) is 0 Å². The zero-order chi connectivity index (χ0) is 18.5. The number of aryl methyl sites for hydroxylation is 1. The minimum atomic E-state index is -0.295. The third kappa shape index (κ3) is 4.39. The number of amides is 1. The molecule has 5 nitrogen and oxygen atoms in total. The van der Waals surface area contributed by atoms with E-state index < -0.39 is 0 Å². The summed E-state index contributed by atoms with van der Waals surface area (Å²) in [5.74, 6) is 0.628. The van der Waals surface area contributed by atoms with Crippen LogP contribution >= 0.6 is 22.9 Å². The lowest BCUT2D eigenvalue weighted by Gasteiger charge is -2.11. The summed E-state index contributed by atoms with van der Waals surface area (Å²) in [5, 5.41) is 3.28. The Bertz CT molecular complexity index is 922. The van der Waals surface area contributed by atoms with Crippen LogP contribution in [0.5, 0.6) is 5.75 Å². The molecular weight excluding hydrogens is 372 g/mol. The number of fused-ring (bicyclic) bond motifs is 1. The van der Waals surface area contributed by atoms with Crippen LogP contribution in [0.1, 0.15) is 22.8 Å². The Hall–Kier alpha value is -2.44. The Balaban J connectivity index is 1.65. The first-order valence-corrected chi connectivity index (χ1v) is 9.40. The van der Waals surface area contributed by atoms with Crippen molar-refractivity contribution >= 4 is 50.0 Å². The number of carbonyl (C=O) groups is 2. The van der Waals surface area contributed by atoms with Crippen LogP contribution in [0, 0.1) is 0 Å². The molecule has 0 aliphatic rings. The number of anilines is 1. The Labute approximate surface area is 160 Å². The lowest BCUT2D eigenvalue weighted by Crippen LogP contribution is -2.20. The Morgan fingerprint density at radius 3 is 2.77 bits per heavy atom. The van der Waals surface area contributed by atoms with E-state index in [9.17, 15) is 9.59 Å². The van der Waals surface area contributed by atoms with Crippen molar-refractivity contribution in [2.45, 2.75) is 13.3 Å². The van der Waals surface area contributed by atoms with E-state index in [1.165, 1.54) is 18.3 Å². The third-order valence-electron chi connectivity index (χ3n) is 3.73. The second-order valence-corrected chi connectivity index (χ2v) is 7.05. The molecular formula is C19H17ClN2O3S. The van der Waals surface area contributed by atoms with Crippen molar-refractivity contribution in [3.63, 3.8) is 0 Å². The highest BCUT2D eigenvalue weighted by Gasteiger charge is 2.11. The van der Waals surface area contributed by atoms with E-state index in [1.807, 2.05) is 24.3 Å². The van der Waals surface area contributed by atoms with Crippen LogP contribution in [0.4, 0.5) is 5.13 Å². The average Bonchev–Trinajstić information content (AvgIpc) is 3.02. The number of ketones is 1. The number of alkyl halides is 1. The Morgan fingerprint density at radius 2 is 2.04 bits per heavy atom. The number of benzene rings is 2. The number of halogens is 1. The summed E-state index contributed by atoms with van der Waals surface area (Å²) in [6, 6.07) is 12.8. The van der Waals surface area contributed by atoms with Crippen LogP contribution in [0.15, 0.2) is 42.5 Å². The maximum absolute atomic E-state index is 12.2. The second-order valence-electron chi connectivity index (χ2n) is 5.64. The number of hydrogen-bond acceptors (Lipinski definition) is 5. The SMILES string of the molecule is CC(=O)c1ccc(OCC(=O)Nc2nc3ccccc3s2)c(CCCl)c1. The van der Waals surface area contributed by atoms with E-state index in [1.54, 1.807) is 18.2 Å². The van der Waals surface area contributed by atoms with Crippen LogP contribution in [0.25, 0.3) is 10.2 Å². The van der Waals surface area contributed by atoms with Crippen molar-refractivity contribution in [2.75, 3.05) is 17.8 Å². The molecule has 0 bridgehead atoms. The molecule has 1 amide bonds. The predicted octanol–water partition coefficient (Wildman–Crippen LogP) is 4.30. The monoisotopic (exact) mass is 388 g/mol. The molecule has 0 saturated heterocycles. The minimum absolute atomic E-state index is 0.0269. The highest BCUT2D eigenvalue weighted by molar-refractivity contribution is 7.22. The van der Waals surface area contributed by atoms with Crippen molar-refractivity contribution in [1.82, 2.24) is 4.98 Å². The van der Waals surface area contributed by atoms with Crippen molar-refractivity contribution in [2.24, 2.45) is 0 Å². The molecule has 26 heavy (non-hydrogen) atoms. The van der Waals surface area contributed by atoms with Gasteiger partial charge in [0.25, 0.3) is 5.91 Å². The van der Waals surface area contributed by atoms with Gasteiger partial charge >= 0.3 is 0 Å². The van der Waals surface area contributed by atoms with Gasteiger partial charge in [-0.05, 0) is 49.2 Å². The minimum Gasteiger partial charge on any atom is -0.483 e. The van der Waals surface area contributed by atoms with Crippen molar-refractivity contribution < 1.29 is 14.3 Å². The van der Waals surface area contributed by atoms with Gasteiger partial charge in [-0.25, -0.2) is 4.98 Å². The standard InChI is InChI=1S/C19H17ClN2O3S/c1-12(23)13-6-7-16(14(10-13)8-9-20)25-11-18(24)22-19-21-15-4-2-3-5-17(15)26-19/h2-7,10H,8-9,11H2,1H3,(H,21,22,24). The molecule has 0 aliphatic heterocycles. The fourth-order valence-electron chi connectivity index (χ4n) is 2.46. The zero-order valence-electron chi connectivity index (χ0n) is 14.1. The van der Waals surface area contributed by atoms with E-state index in [0.29, 0.717) is 28.7 Å². The number of hydrogen-bond donors (Lipinski definition) is 1. The predicted molar refractivity (Wildman–Crippen MR) is 105 cm³/mol. The quantitative estimate of drug-likeness (QED) is 0.484. The number of ether oxygens (including phenoxy) is 1. The molecule has 2 aromatic carbocycles. The molecule has 134 valence electrons. The van der Waals surface area contributed by atoms with Gasteiger partial charge in [-0.2, -0.15) is 0 Å². The molecule has 0 unspecified atom stereocenters. The summed E-state index contributed by atoms with van der Waals surface area (Å²) >= 11 is 7.23. The lowest BCUT2D eigenvalue weighted by molar-refractivity contribution is -0.118. The van der Waals surface area contributed by atoms with Crippen LogP contribution in [-0.4, -0.2) is 29.2 Å². The van der Waals surface area contributed by atoms with Gasteiger partial charge in [0, 0.05) is 11.4 Å². The van der Waals surface area contributed by atoms with Gasteiger partial charge in [0.1, 0.15) is 5.75 Å². The van der Waals surface area contributed by atoms with E-state index >= 15 is 0 Å². The number of carbonyl (C=O) groups excluding carboxylic acids is 2. The van der Waals surface area contributed by atoms with Crippen LogP contribution < -0.4 is 10.1 Å². The van der Waals surface area contributed by atoms with Crippen molar-refractivity contribution in [3.05, 3.63) is 53.6 Å². The zero-order valence-corrected chi connectivity index (χ0v) is 15.7. The van der Waals surface area contributed by atoms with E-state index in [-0.39, 0.29) is 18.3 Å². The molecule has 1 N–H and O–H groups in total. The molecule has 7 heteroatoms. The van der Waals surface area contributed by atoms with E-state index in [2.05, 4.69) is 10.3 Å². The first-order chi connectivity index (χ1) is 12.6. The number of nitrogens with one attached hydrogen (secondary N) is 1. The Morgan fingerprint density at radius 1 is 1.23 bits per heavy atom. The highest BCUT2D eigenvalue weighted by Crippen LogP contribution is 2.25. The summed E-state index contributed by atoms with van der Waals surface area (Å²) in [7, 11) is 0. The number of rotatable bonds is 7. The van der Waals surface area contributed by atoms with Gasteiger partial charge in [-0.1, -0.05) is 23.5 Å². The third-order valence-corrected chi connectivity index (χ3v) is 4.87. The van der Waals surface area contributed by atoms with E-state index in [0.717, 1.165) is 15.8 Å². The number of aromatic nitrogens is 1. The molecule has 0 fully saturated rings. The Kier molecular flexibility index (Phi) is 5.85. The summed E-state index contributed by atoms with van der Waals surface area (Å²) in [6.07, 6.45) is 0.553. The first kappa shape index (κ1) is 18.4. The molecule has 1 aromatic heterocycles. The largest absolute Gasteiger partial charge is 0.483 e. The van der Waals surface area contributed by atoms with Gasteiger partial charge in [0.15, 0.2) is 17.5 Å². The summed E-state index contributed by atoms with van der Waals surface area (Å²) < 4.78 is 6.63. The maximum atomic E-state index is 12.2. The van der Waals surface area contributed by atoms with Gasteiger partial charge in [0.05, 0.1) is 10.2 Å². The molecule has 0 radical (unpaired) electrons.